The molecule has 0 aromatic rings. The third kappa shape index (κ3) is 3.24. The van der Waals surface area contributed by atoms with E-state index < -0.39 is 0 Å². The van der Waals surface area contributed by atoms with Gasteiger partial charge in [0.25, 0.3) is 0 Å². The Morgan fingerprint density at radius 3 is 2.75 bits per heavy atom. The molecule has 1 unspecified atom stereocenters. The number of nitrogens with zero attached hydrogens (tertiary/aromatic N) is 1. The monoisotopic (exact) mass is 169 g/mol. The highest BCUT2D eigenvalue weighted by Crippen LogP contribution is 2.22. The van der Waals surface area contributed by atoms with Gasteiger partial charge in [-0.1, -0.05) is 24.9 Å². The molecule has 12 heavy (non-hydrogen) atoms. The molecule has 1 saturated carbocycles. The first-order chi connectivity index (χ1) is 5.83. The van der Waals surface area contributed by atoms with Gasteiger partial charge in [0.05, 0.1) is 0 Å². The van der Waals surface area contributed by atoms with E-state index in [1.165, 1.54) is 25.7 Å². The van der Waals surface area contributed by atoms with Gasteiger partial charge in [-0.3, -0.25) is 0 Å². The fraction of sp³-hybridized carbons (Fsp3) is 0.900. The summed E-state index contributed by atoms with van der Waals surface area (Å²) in [6.45, 7) is 4.15. The van der Waals surface area contributed by atoms with E-state index in [1.807, 2.05) is 13.1 Å². The van der Waals surface area contributed by atoms with Gasteiger partial charge in [-0.25, -0.2) is 0 Å². The van der Waals surface area contributed by atoms with Gasteiger partial charge in [-0.05, 0) is 32.1 Å². The molecule has 0 spiro atoms. The average molecular weight is 169 g/mol. The zero-order valence-electron chi connectivity index (χ0n) is 8.12. The first-order valence-electron chi connectivity index (χ1n) is 5.02. The van der Waals surface area contributed by atoms with Crippen LogP contribution in [0.1, 0.15) is 46.0 Å². The lowest BCUT2D eigenvalue weighted by atomic mass is 10.1. The SMILES string of the molecule is CCC(C)ON=CC1CCCC1. The smallest absolute Gasteiger partial charge is 0.124 e. The van der Waals surface area contributed by atoms with Gasteiger partial charge in [0.15, 0.2) is 0 Å². The summed E-state index contributed by atoms with van der Waals surface area (Å²) in [5.74, 6) is 0.689. The van der Waals surface area contributed by atoms with Gasteiger partial charge in [-0.2, -0.15) is 0 Å². The van der Waals surface area contributed by atoms with E-state index in [0.29, 0.717) is 5.92 Å². The second kappa shape index (κ2) is 5.18. The van der Waals surface area contributed by atoms with Crippen LogP contribution in [0.25, 0.3) is 0 Å². The minimum Gasteiger partial charge on any atom is -0.393 e. The Hall–Kier alpha value is -0.530. The Balaban J connectivity index is 2.11. The summed E-state index contributed by atoms with van der Waals surface area (Å²) in [6, 6.07) is 0. The maximum Gasteiger partial charge on any atom is 0.124 e. The van der Waals surface area contributed by atoms with Crippen molar-refractivity contribution in [3.8, 4) is 0 Å². The maximum absolute atomic E-state index is 5.22. The molecule has 70 valence electrons. The Labute approximate surface area is 75.0 Å². The molecule has 0 radical (unpaired) electrons. The largest absolute Gasteiger partial charge is 0.393 e. The highest BCUT2D eigenvalue weighted by Gasteiger charge is 2.12. The first-order valence-corrected chi connectivity index (χ1v) is 5.02. The predicted octanol–water partition coefficient (Wildman–Crippen LogP) is 2.98. The van der Waals surface area contributed by atoms with Gasteiger partial charge >= 0.3 is 0 Å². The molecule has 0 aromatic carbocycles. The Bertz CT molecular complexity index is 139. The van der Waals surface area contributed by atoms with Crippen LogP contribution < -0.4 is 0 Å². The number of oxime groups is 1. The van der Waals surface area contributed by atoms with Gasteiger partial charge in [-0.15, -0.1) is 0 Å². The summed E-state index contributed by atoms with van der Waals surface area (Å²) >= 11 is 0. The van der Waals surface area contributed by atoms with E-state index in [9.17, 15) is 0 Å². The van der Waals surface area contributed by atoms with Crippen molar-refractivity contribution in [3.63, 3.8) is 0 Å². The van der Waals surface area contributed by atoms with Crippen molar-refractivity contribution in [2.24, 2.45) is 11.1 Å². The molecular weight excluding hydrogens is 150 g/mol. The van der Waals surface area contributed by atoms with Crippen LogP contribution in [0.5, 0.6) is 0 Å². The summed E-state index contributed by atoms with van der Waals surface area (Å²) in [4.78, 5) is 5.22. The van der Waals surface area contributed by atoms with Crippen LogP contribution >= 0.6 is 0 Å². The fourth-order valence-corrected chi connectivity index (χ4v) is 1.41. The van der Waals surface area contributed by atoms with Gasteiger partial charge < -0.3 is 4.84 Å². The molecule has 0 saturated heterocycles. The molecule has 0 bridgehead atoms. The Kier molecular flexibility index (Phi) is 4.12. The van der Waals surface area contributed by atoms with Crippen molar-refractivity contribution >= 4 is 6.21 Å². The van der Waals surface area contributed by atoms with Crippen molar-refractivity contribution in [2.45, 2.75) is 52.1 Å². The van der Waals surface area contributed by atoms with Crippen molar-refractivity contribution in [1.29, 1.82) is 0 Å². The number of hydrogen-bond acceptors (Lipinski definition) is 2. The van der Waals surface area contributed by atoms with E-state index >= 15 is 0 Å². The van der Waals surface area contributed by atoms with Crippen molar-refractivity contribution in [1.82, 2.24) is 0 Å². The summed E-state index contributed by atoms with van der Waals surface area (Å²) in [7, 11) is 0. The van der Waals surface area contributed by atoms with Crippen LogP contribution in [0, 0.1) is 5.92 Å². The third-order valence-corrected chi connectivity index (χ3v) is 2.49. The molecule has 1 aliphatic rings. The zero-order chi connectivity index (χ0) is 8.81. The molecule has 2 nitrogen and oxygen atoms in total. The highest BCUT2D eigenvalue weighted by atomic mass is 16.6. The van der Waals surface area contributed by atoms with Crippen molar-refractivity contribution < 1.29 is 4.84 Å². The number of rotatable bonds is 4. The van der Waals surface area contributed by atoms with Crippen LogP contribution in [0.4, 0.5) is 0 Å². The maximum atomic E-state index is 5.22. The zero-order valence-corrected chi connectivity index (χ0v) is 8.12. The second-order valence-corrected chi connectivity index (χ2v) is 3.62. The van der Waals surface area contributed by atoms with Crippen molar-refractivity contribution in [3.05, 3.63) is 0 Å². The molecule has 1 fully saturated rings. The van der Waals surface area contributed by atoms with E-state index in [0.717, 1.165) is 6.42 Å². The molecule has 0 aromatic heterocycles. The molecule has 1 atom stereocenters. The molecular formula is C10H19NO. The molecule has 1 aliphatic carbocycles. The fourth-order valence-electron chi connectivity index (χ4n) is 1.41. The van der Waals surface area contributed by atoms with E-state index in [-0.39, 0.29) is 6.10 Å². The predicted molar refractivity (Wildman–Crippen MR) is 51.3 cm³/mol. The molecule has 1 rings (SSSR count). The molecule has 0 amide bonds. The summed E-state index contributed by atoms with van der Waals surface area (Å²) < 4.78 is 0. The summed E-state index contributed by atoms with van der Waals surface area (Å²) in [5, 5.41) is 4.00. The molecule has 0 aliphatic heterocycles. The second-order valence-electron chi connectivity index (χ2n) is 3.62. The van der Waals surface area contributed by atoms with Crippen LogP contribution in [0.3, 0.4) is 0 Å². The minimum absolute atomic E-state index is 0.266. The average Bonchev–Trinajstić information content (AvgIpc) is 2.57. The van der Waals surface area contributed by atoms with Crippen LogP contribution in [0.2, 0.25) is 0 Å². The molecule has 0 heterocycles. The first kappa shape index (κ1) is 9.56. The Morgan fingerprint density at radius 2 is 2.17 bits per heavy atom. The van der Waals surface area contributed by atoms with Crippen LogP contribution in [-0.4, -0.2) is 12.3 Å². The van der Waals surface area contributed by atoms with Gasteiger partial charge in [0.2, 0.25) is 0 Å². The molecule has 0 N–H and O–H groups in total. The lowest BCUT2D eigenvalue weighted by molar-refractivity contribution is 0.0701. The topological polar surface area (TPSA) is 21.6 Å². The lowest BCUT2D eigenvalue weighted by Gasteiger charge is -2.06. The third-order valence-electron chi connectivity index (χ3n) is 2.49. The van der Waals surface area contributed by atoms with Crippen molar-refractivity contribution in [2.75, 3.05) is 0 Å². The highest BCUT2D eigenvalue weighted by molar-refractivity contribution is 5.60. The standard InChI is InChI=1S/C10H19NO/c1-3-9(2)12-11-8-10-6-4-5-7-10/h8-10H,3-7H2,1-2H3. The summed E-state index contributed by atoms with van der Waals surface area (Å²) in [6.07, 6.45) is 8.60. The van der Waals surface area contributed by atoms with E-state index in [2.05, 4.69) is 12.1 Å². The number of hydrogen-bond donors (Lipinski definition) is 0. The van der Waals surface area contributed by atoms with Crippen LogP contribution in [-0.2, 0) is 4.84 Å². The van der Waals surface area contributed by atoms with Gasteiger partial charge in [0, 0.05) is 6.21 Å². The molecule has 2 heteroatoms. The van der Waals surface area contributed by atoms with Gasteiger partial charge in [0.1, 0.15) is 6.10 Å². The minimum atomic E-state index is 0.266. The summed E-state index contributed by atoms with van der Waals surface area (Å²) in [5.41, 5.74) is 0. The quantitative estimate of drug-likeness (QED) is 0.468. The van der Waals surface area contributed by atoms with E-state index in [1.54, 1.807) is 0 Å². The van der Waals surface area contributed by atoms with E-state index in [4.69, 9.17) is 4.84 Å². The Morgan fingerprint density at radius 1 is 1.50 bits per heavy atom. The lowest BCUT2D eigenvalue weighted by Crippen LogP contribution is -2.03. The van der Waals surface area contributed by atoms with Crippen LogP contribution in [0.15, 0.2) is 5.16 Å². The normalized spacial score (nSPS) is 21.8.